The number of carbonyl (C=O) groups excluding carboxylic acids is 1. The third-order valence-electron chi connectivity index (χ3n) is 4.02. The third-order valence-corrected chi connectivity index (χ3v) is 4.02. The average molecular weight is 241 g/mol. The smallest absolute Gasteiger partial charge is 0.323 e. The molecular formula is C13H23NO3. The molecule has 1 unspecified atom stereocenters. The van der Waals surface area contributed by atoms with Gasteiger partial charge in [-0.3, -0.25) is 9.69 Å². The van der Waals surface area contributed by atoms with E-state index in [1.807, 2.05) is 0 Å². The van der Waals surface area contributed by atoms with Crippen molar-refractivity contribution in [2.45, 2.75) is 50.6 Å². The summed E-state index contributed by atoms with van der Waals surface area (Å²) < 4.78 is 4.94. The fourth-order valence-corrected chi connectivity index (χ4v) is 3.03. The minimum absolute atomic E-state index is 0.116. The van der Waals surface area contributed by atoms with Gasteiger partial charge in [0, 0.05) is 12.6 Å². The van der Waals surface area contributed by atoms with Crippen LogP contribution < -0.4 is 0 Å². The van der Waals surface area contributed by atoms with Gasteiger partial charge in [0.25, 0.3) is 0 Å². The van der Waals surface area contributed by atoms with E-state index in [4.69, 9.17) is 4.74 Å². The van der Waals surface area contributed by atoms with Crippen LogP contribution in [0.15, 0.2) is 0 Å². The molecule has 4 nitrogen and oxygen atoms in total. The SMILES string of the molecule is COC(=O)C(C1CC1)N(CCO)C1CCCC1. The van der Waals surface area contributed by atoms with Crippen LogP contribution in [0.5, 0.6) is 0 Å². The van der Waals surface area contributed by atoms with Crippen LogP contribution in [0.3, 0.4) is 0 Å². The molecule has 0 heterocycles. The molecule has 4 heteroatoms. The number of nitrogens with zero attached hydrogens (tertiary/aromatic N) is 1. The molecule has 1 atom stereocenters. The maximum atomic E-state index is 11.9. The molecule has 0 aliphatic heterocycles. The van der Waals surface area contributed by atoms with Gasteiger partial charge in [-0.2, -0.15) is 0 Å². The predicted molar refractivity (Wildman–Crippen MR) is 64.6 cm³/mol. The van der Waals surface area contributed by atoms with Crippen LogP contribution in [0.4, 0.5) is 0 Å². The van der Waals surface area contributed by atoms with Crippen molar-refractivity contribution >= 4 is 5.97 Å². The maximum absolute atomic E-state index is 11.9. The van der Waals surface area contributed by atoms with Crippen LogP contribution in [0.25, 0.3) is 0 Å². The Hall–Kier alpha value is -0.610. The molecule has 17 heavy (non-hydrogen) atoms. The van der Waals surface area contributed by atoms with Crippen molar-refractivity contribution < 1.29 is 14.6 Å². The first-order valence-corrected chi connectivity index (χ1v) is 6.72. The van der Waals surface area contributed by atoms with Gasteiger partial charge < -0.3 is 9.84 Å². The van der Waals surface area contributed by atoms with Crippen molar-refractivity contribution in [1.29, 1.82) is 0 Å². The van der Waals surface area contributed by atoms with Crippen molar-refractivity contribution in [1.82, 2.24) is 4.90 Å². The average Bonchev–Trinajstić information content (AvgIpc) is 3.02. The van der Waals surface area contributed by atoms with Gasteiger partial charge >= 0.3 is 5.97 Å². The number of rotatable bonds is 6. The lowest BCUT2D eigenvalue weighted by Crippen LogP contribution is -2.49. The molecule has 0 saturated heterocycles. The summed E-state index contributed by atoms with van der Waals surface area (Å²) in [6, 6.07) is 0.349. The summed E-state index contributed by atoms with van der Waals surface area (Å²) in [6.45, 7) is 0.720. The highest BCUT2D eigenvalue weighted by molar-refractivity contribution is 5.76. The fraction of sp³-hybridized carbons (Fsp3) is 0.923. The summed E-state index contributed by atoms with van der Waals surface area (Å²) >= 11 is 0. The van der Waals surface area contributed by atoms with E-state index in [0.29, 0.717) is 18.5 Å². The number of methoxy groups -OCH3 is 1. The Morgan fingerprint density at radius 2 is 2.00 bits per heavy atom. The molecule has 2 fully saturated rings. The van der Waals surface area contributed by atoms with Gasteiger partial charge in [0.2, 0.25) is 0 Å². The normalized spacial score (nSPS) is 23.0. The van der Waals surface area contributed by atoms with Crippen LogP contribution in [0.2, 0.25) is 0 Å². The predicted octanol–water partition coefficient (Wildman–Crippen LogP) is 1.17. The first kappa shape index (κ1) is 12.8. The van der Waals surface area contributed by atoms with Gasteiger partial charge in [0.1, 0.15) is 6.04 Å². The molecule has 2 aliphatic rings. The molecule has 0 aromatic heterocycles. The first-order chi connectivity index (χ1) is 8.27. The summed E-state index contributed by atoms with van der Waals surface area (Å²) in [7, 11) is 1.46. The molecule has 98 valence electrons. The molecule has 0 radical (unpaired) electrons. The van der Waals surface area contributed by atoms with Crippen LogP contribution in [0.1, 0.15) is 38.5 Å². The summed E-state index contributed by atoms with van der Waals surface area (Å²) in [5.41, 5.74) is 0. The van der Waals surface area contributed by atoms with Crippen LogP contribution in [0, 0.1) is 5.92 Å². The van der Waals surface area contributed by atoms with Crippen molar-refractivity contribution in [2.24, 2.45) is 5.92 Å². The van der Waals surface area contributed by atoms with Gasteiger partial charge in [0.05, 0.1) is 13.7 Å². The summed E-state index contributed by atoms with van der Waals surface area (Å²) in [4.78, 5) is 14.1. The molecule has 0 aromatic carbocycles. The van der Waals surface area contributed by atoms with E-state index in [1.54, 1.807) is 0 Å². The Morgan fingerprint density at radius 3 is 2.47 bits per heavy atom. The summed E-state index contributed by atoms with van der Waals surface area (Å²) in [6.07, 6.45) is 7.03. The van der Waals surface area contributed by atoms with E-state index in [2.05, 4.69) is 4.90 Å². The van der Waals surface area contributed by atoms with Crippen LogP contribution >= 0.6 is 0 Å². The van der Waals surface area contributed by atoms with Gasteiger partial charge in [-0.15, -0.1) is 0 Å². The highest BCUT2D eigenvalue weighted by Crippen LogP contribution is 2.38. The van der Waals surface area contributed by atoms with E-state index in [-0.39, 0.29) is 18.6 Å². The largest absolute Gasteiger partial charge is 0.468 e. The van der Waals surface area contributed by atoms with Crippen LogP contribution in [-0.2, 0) is 9.53 Å². The number of carbonyl (C=O) groups is 1. The monoisotopic (exact) mass is 241 g/mol. The second-order valence-corrected chi connectivity index (χ2v) is 5.21. The number of aliphatic hydroxyl groups excluding tert-OH is 1. The molecule has 0 spiro atoms. The standard InChI is InChI=1S/C13H23NO3/c1-17-13(16)12(10-6-7-10)14(8-9-15)11-4-2-3-5-11/h10-12,15H,2-9H2,1H3. The number of esters is 1. The maximum Gasteiger partial charge on any atom is 0.323 e. The lowest BCUT2D eigenvalue weighted by molar-refractivity contribution is -0.149. The van der Waals surface area contributed by atoms with E-state index >= 15 is 0 Å². The van der Waals surface area contributed by atoms with Crippen molar-refractivity contribution in [3.8, 4) is 0 Å². The highest BCUT2D eigenvalue weighted by atomic mass is 16.5. The Labute approximate surface area is 103 Å². The van der Waals surface area contributed by atoms with E-state index < -0.39 is 0 Å². The first-order valence-electron chi connectivity index (χ1n) is 6.72. The van der Waals surface area contributed by atoms with Crippen molar-refractivity contribution in [2.75, 3.05) is 20.3 Å². The Balaban J connectivity index is 2.07. The topological polar surface area (TPSA) is 49.8 Å². The quantitative estimate of drug-likeness (QED) is 0.709. The Bertz CT molecular complexity index is 259. The molecular weight excluding hydrogens is 218 g/mol. The summed E-state index contributed by atoms with van der Waals surface area (Å²) in [5.74, 6) is 0.336. The number of hydrogen-bond donors (Lipinski definition) is 1. The fourth-order valence-electron chi connectivity index (χ4n) is 3.03. The zero-order valence-electron chi connectivity index (χ0n) is 10.6. The highest BCUT2D eigenvalue weighted by Gasteiger charge is 2.43. The Morgan fingerprint density at radius 1 is 1.35 bits per heavy atom. The molecule has 0 amide bonds. The van der Waals surface area contributed by atoms with Crippen LogP contribution in [-0.4, -0.2) is 48.3 Å². The second kappa shape index (κ2) is 5.83. The lowest BCUT2D eigenvalue weighted by Gasteiger charge is -2.34. The zero-order valence-corrected chi connectivity index (χ0v) is 10.6. The molecule has 2 saturated carbocycles. The minimum atomic E-state index is -0.118. The molecule has 2 rings (SSSR count). The number of ether oxygens (including phenoxy) is 1. The van der Waals surface area contributed by atoms with Crippen molar-refractivity contribution in [3.63, 3.8) is 0 Å². The Kier molecular flexibility index (Phi) is 4.40. The number of hydrogen-bond acceptors (Lipinski definition) is 4. The second-order valence-electron chi connectivity index (χ2n) is 5.21. The van der Waals surface area contributed by atoms with Gasteiger partial charge in [-0.1, -0.05) is 12.8 Å². The number of aliphatic hydroxyl groups is 1. The zero-order chi connectivity index (χ0) is 12.3. The molecule has 0 bridgehead atoms. The summed E-state index contributed by atoms with van der Waals surface area (Å²) in [5, 5.41) is 9.21. The van der Waals surface area contributed by atoms with E-state index in [1.165, 1.54) is 20.0 Å². The minimum Gasteiger partial charge on any atom is -0.468 e. The molecule has 0 aromatic rings. The van der Waals surface area contributed by atoms with Crippen molar-refractivity contribution in [3.05, 3.63) is 0 Å². The van der Waals surface area contributed by atoms with Gasteiger partial charge in [-0.05, 0) is 31.6 Å². The van der Waals surface area contributed by atoms with Gasteiger partial charge in [0.15, 0.2) is 0 Å². The molecule has 2 aliphatic carbocycles. The van der Waals surface area contributed by atoms with Gasteiger partial charge in [-0.25, -0.2) is 0 Å². The third kappa shape index (κ3) is 2.99. The lowest BCUT2D eigenvalue weighted by atomic mass is 10.1. The molecule has 1 N–H and O–H groups in total. The van der Waals surface area contributed by atoms with E-state index in [0.717, 1.165) is 25.7 Å². The van der Waals surface area contributed by atoms with E-state index in [9.17, 15) is 9.90 Å².